The van der Waals surface area contributed by atoms with Crippen LogP contribution < -0.4 is 0 Å². The molecule has 1 aromatic heterocycles. The summed E-state index contributed by atoms with van der Waals surface area (Å²) in [4.78, 5) is 0.315. The molecule has 2 aromatic rings. The first-order valence-electron chi connectivity index (χ1n) is 2.89. The smallest absolute Gasteiger partial charge is 0.124 e. The Hall–Kier alpha value is -1.38. The SMILES string of the molecule is Fn1n[c]c2ccccc21. The summed E-state index contributed by atoms with van der Waals surface area (Å²) in [6.45, 7) is 0. The third kappa shape index (κ3) is 0.603. The molecule has 0 amide bonds. The number of rotatable bonds is 0. The number of aromatic nitrogens is 2. The number of fused-ring (bicyclic) bond motifs is 1. The van der Waals surface area contributed by atoms with E-state index in [-0.39, 0.29) is 0 Å². The number of halogens is 1. The van der Waals surface area contributed by atoms with E-state index >= 15 is 0 Å². The van der Waals surface area contributed by atoms with E-state index in [1.54, 1.807) is 18.2 Å². The molecule has 1 aromatic carbocycles. The van der Waals surface area contributed by atoms with Crippen molar-refractivity contribution in [3.05, 3.63) is 30.5 Å². The fourth-order valence-corrected chi connectivity index (χ4v) is 0.881. The second kappa shape index (κ2) is 1.80. The molecule has 0 aliphatic carbocycles. The molecule has 0 spiro atoms. The lowest BCUT2D eigenvalue weighted by Gasteiger charge is -1.85. The van der Waals surface area contributed by atoms with Crippen LogP contribution in [0.5, 0.6) is 0 Å². The van der Waals surface area contributed by atoms with Crippen LogP contribution in [0.25, 0.3) is 10.9 Å². The van der Waals surface area contributed by atoms with E-state index in [2.05, 4.69) is 11.3 Å². The van der Waals surface area contributed by atoms with E-state index in [4.69, 9.17) is 0 Å². The lowest BCUT2D eigenvalue weighted by molar-refractivity contribution is 0.332. The number of hydrogen-bond acceptors (Lipinski definition) is 1. The highest BCUT2D eigenvalue weighted by Gasteiger charge is 1.98. The van der Waals surface area contributed by atoms with E-state index < -0.39 is 0 Å². The molecule has 2 rings (SSSR count). The van der Waals surface area contributed by atoms with Crippen molar-refractivity contribution in [3.8, 4) is 0 Å². The fraction of sp³-hybridized carbons (Fsp3) is 0. The fourth-order valence-electron chi connectivity index (χ4n) is 0.881. The lowest BCUT2D eigenvalue weighted by Crippen LogP contribution is -1.80. The van der Waals surface area contributed by atoms with E-state index in [1.807, 2.05) is 6.07 Å². The molecule has 1 heterocycles. The van der Waals surface area contributed by atoms with Gasteiger partial charge < -0.3 is 0 Å². The van der Waals surface area contributed by atoms with Crippen molar-refractivity contribution >= 4 is 10.9 Å². The van der Waals surface area contributed by atoms with Crippen LogP contribution in [0.1, 0.15) is 0 Å². The third-order valence-electron chi connectivity index (χ3n) is 1.36. The lowest BCUT2D eigenvalue weighted by atomic mass is 10.3. The summed E-state index contributed by atoms with van der Waals surface area (Å²) in [7, 11) is 0. The molecule has 2 nitrogen and oxygen atoms in total. The quantitative estimate of drug-likeness (QED) is 0.536. The molecule has 0 saturated heterocycles. The van der Waals surface area contributed by atoms with E-state index in [0.717, 1.165) is 0 Å². The van der Waals surface area contributed by atoms with Crippen LogP contribution in [0.2, 0.25) is 0 Å². The van der Waals surface area contributed by atoms with Gasteiger partial charge in [0.2, 0.25) is 0 Å². The largest absolute Gasteiger partial charge is 0.139 e. The maximum Gasteiger partial charge on any atom is 0.124 e. The predicted octanol–water partition coefficient (Wildman–Crippen LogP) is 1.57. The zero-order chi connectivity index (χ0) is 6.97. The van der Waals surface area contributed by atoms with Gasteiger partial charge in [-0.15, -0.1) is 5.10 Å². The van der Waals surface area contributed by atoms with Gasteiger partial charge >= 0.3 is 0 Å². The summed E-state index contributed by atoms with van der Waals surface area (Å²) >= 11 is 0. The van der Waals surface area contributed by atoms with Gasteiger partial charge in [-0.1, -0.05) is 27.6 Å². The van der Waals surface area contributed by atoms with Gasteiger partial charge in [0.05, 0.1) is 0 Å². The van der Waals surface area contributed by atoms with E-state index in [1.165, 1.54) is 0 Å². The van der Waals surface area contributed by atoms with Gasteiger partial charge in [-0.2, -0.15) is 0 Å². The Kier molecular flexibility index (Phi) is 0.974. The summed E-state index contributed by atoms with van der Waals surface area (Å²) in [5.74, 6) is 0. The number of nitrogens with zero attached hydrogens (tertiary/aromatic N) is 2. The Morgan fingerprint density at radius 1 is 1.40 bits per heavy atom. The summed E-state index contributed by atoms with van der Waals surface area (Å²) < 4.78 is 12.5. The van der Waals surface area contributed by atoms with Crippen molar-refractivity contribution in [2.24, 2.45) is 0 Å². The van der Waals surface area contributed by atoms with Crippen LogP contribution in [0.15, 0.2) is 24.3 Å². The average molecular weight is 135 g/mol. The summed E-state index contributed by atoms with van der Waals surface area (Å²) in [6, 6.07) is 6.99. The van der Waals surface area contributed by atoms with Crippen LogP contribution in [-0.4, -0.2) is 10.0 Å². The van der Waals surface area contributed by atoms with Crippen molar-refractivity contribution in [2.45, 2.75) is 0 Å². The molecule has 0 saturated carbocycles. The van der Waals surface area contributed by atoms with Gasteiger partial charge in [0, 0.05) is 5.39 Å². The Morgan fingerprint density at radius 2 is 2.20 bits per heavy atom. The van der Waals surface area contributed by atoms with Crippen LogP contribution in [0.4, 0.5) is 4.48 Å². The first-order chi connectivity index (χ1) is 4.88. The molecule has 3 heteroatoms. The number of para-hydroxylation sites is 1. The molecule has 0 bridgehead atoms. The molecule has 0 aliphatic heterocycles. The Labute approximate surface area is 56.8 Å². The maximum atomic E-state index is 12.5. The zero-order valence-corrected chi connectivity index (χ0v) is 5.08. The summed E-state index contributed by atoms with van der Waals surface area (Å²) in [5, 5.41) is 4.02. The molecule has 1 radical (unpaired) electrons. The monoisotopic (exact) mass is 135 g/mol. The van der Waals surface area contributed by atoms with Crippen molar-refractivity contribution in [2.75, 3.05) is 0 Å². The second-order valence-electron chi connectivity index (χ2n) is 1.99. The van der Waals surface area contributed by atoms with Gasteiger partial charge in [0.15, 0.2) is 0 Å². The first-order valence-corrected chi connectivity index (χ1v) is 2.89. The Bertz CT molecular complexity index is 353. The summed E-state index contributed by atoms with van der Waals surface area (Å²) in [5.41, 5.74) is 0.461. The van der Waals surface area contributed by atoms with Crippen LogP contribution >= 0.6 is 0 Å². The second-order valence-corrected chi connectivity index (χ2v) is 1.99. The molecular formula is C7H4FN2. The van der Waals surface area contributed by atoms with Gasteiger partial charge in [0.1, 0.15) is 11.7 Å². The van der Waals surface area contributed by atoms with Gasteiger partial charge in [0.25, 0.3) is 0 Å². The van der Waals surface area contributed by atoms with E-state index in [0.29, 0.717) is 15.8 Å². The van der Waals surface area contributed by atoms with Crippen molar-refractivity contribution in [3.63, 3.8) is 0 Å². The first kappa shape index (κ1) is 5.41. The van der Waals surface area contributed by atoms with Crippen LogP contribution in [0.3, 0.4) is 0 Å². The third-order valence-corrected chi connectivity index (χ3v) is 1.36. The molecule has 0 unspecified atom stereocenters. The highest BCUT2D eigenvalue weighted by molar-refractivity contribution is 5.77. The topological polar surface area (TPSA) is 17.8 Å². The normalized spacial score (nSPS) is 10.5. The molecule has 0 atom stereocenters. The van der Waals surface area contributed by atoms with Gasteiger partial charge in [-0.05, 0) is 6.07 Å². The van der Waals surface area contributed by atoms with Crippen LogP contribution in [-0.2, 0) is 0 Å². The standard InChI is InChI=1S/C7H4FN2/c8-10-7-4-2-1-3-6(7)5-9-10/h1-4H. The van der Waals surface area contributed by atoms with Crippen LogP contribution in [0, 0.1) is 6.20 Å². The molecule has 10 heavy (non-hydrogen) atoms. The number of hydrogen-bond donors (Lipinski definition) is 0. The molecule has 0 aliphatic rings. The average Bonchev–Trinajstić information content (AvgIpc) is 2.34. The van der Waals surface area contributed by atoms with E-state index in [9.17, 15) is 4.48 Å². The minimum absolute atomic E-state index is 0.315. The predicted molar refractivity (Wildman–Crippen MR) is 35.1 cm³/mol. The Morgan fingerprint density at radius 3 is 3.00 bits per heavy atom. The highest BCUT2D eigenvalue weighted by atomic mass is 19.2. The van der Waals surface area contributed by atoms with Gasteiger partial charge in [-0.25, -0.2) is 0 Å². The Balaban J connectivity index is 2.93. The van der Waals surface area contributed by atoms with Crippen molar-refractivity contribution in [1.82, 2.24) is 10.0 Å². The zero-order valence-electron chi connectivity index (χ0n) is 5.08. The van der Waals surface area contributed by atoms with Crippen molar-refractivity contribution in [1.29, 1.82) is 0 Å². The molecule has 0 fully saturated rings. The number of benzene rings is 1. The minimum atomic E-state index is 0.315. The molecule has 0 N–H and O–H groups in total. The molecular weight excluding hydrogens is 131 g/mol. The summed E-state index contributed by atoms with van der Waals surface area (Å²) in [6.07, 6.45) is 2.53. The minimum Gasteiger partial charge on any atom is -0.139 e. The molecule has 49 valence electrons. The van der Waals surface area contributed by atoms with Crippen molar-refractivity contribution < 1.29 is 4.48 Å². The maximum absolute atomic E-state index is 12.5. The highest BCUT2D eigenvalue weighted by Crippen LogP contribution is 2.10. The van der Waals surface area contributed by atoms with Gasteiger partial charge in [-0.3, -0.25) is 0 Å².